The maximum atomic E-state index is 6.09. The molecule has 0 amide bonds. The van der Waals surface area contributed by atoms with Crippen LogP contribution in [0, 0.1) is 6.92 Å². The standard InChI is InChI=1S/C17H22N2/c1-3-13-6-8-15(17(19)10-13)9-7-14-5-4-12(2)16(18)11-14/h4-6,8,10-11H,3,7,9,18-19H2,1-2H3. The van der Waals surface area contributed by atoms with Crippen LogP contribution in [0.15, 0.2) is 36.4 Å². The second-order valence-corrected chi connectivity index (χ2v) is 5.08. The first-order chi connectivity index (χ1) is 9.10. The lowest BCUT2D eigenvalue weighted by atomic mass is 10.00. The summed E-state index contributed by atoms with van der Waals surface area (Å²) in [6.45, 7) is 4.17. The molecule has 0 heterocycles. The van der Waals surface area contributed by atoms with Crippen LogP contribution in [0.1, 0.15) is 29.2 Å². The van der Waals surface area contributed by atoms with Gasteiger partial charge in [0.1, 0.15) is 0 Å². The molecular formula is C17H22N2. The van der Waals surface area contributed by atoms with E-state index in [-0.39, 0.29) is 0 Å². The topological polar surface area (TPSA) is 52.0 Å². The van der Waals surface area contributed by atoms with E-state index in [1.54, 1.807) is 0 Å². The second-order valence-electron chi connectivity index (χ2n) is 5.08. The molecule has 0 bridgehead atoms. The van der Waals surface area contributed by atoms with Crippen molar-refractivity contribution in [1.82, 2.24) is 0 Å². The van der Waals surface area contributed by atoms with Crippen molar-refractivity contribution in [2.75, 3.05) is 11.5 Å². The van der Waals surface area contributed by atoms with Crippen LogP contribution in [0.5, 0.6) is 0 Å². The Labute approximate surface area is 115 Å². The first-order valence-corrected chi connectivity index (χ1v) is 6.82. The summed E-state index contributed by atoms with van der Waals surface area (Å²) in [5.74, 6) is 0. The molecule has 19 heavy (non-hydrogen) atoms. The van der Waals surface area contributed by atoms with Gasteiger partial charge >= 0.3 is 0 Å². The van der Waals surface area contributed by atoms with E-state index in [0.29, 0.717) is 0 Å². The zero-order valence-electron chi connectivity index (χ0n) is 11.7. The van der Waals surface area contributed by atoms with Gasteiger partial charge in [0, 0.05) is 11.4 Å². The summed E-state index contributed by atoms with van der Waals surface area (Å²) in [4.78, 5) is 0. The van der Waals surface area contributed by atoms with Crippen LogP contribution in [0.3, 0.4) is 0 Å². The van der Waals surface area contributed by atoms with Crippen molar-refractivity contribution in [2.24, 2.45) is 0 Å². The molecule has 2 rings (SSSR count). The Morgan fingerprint density at radius 1 is 0.842 bits per heavy atom. The second kappa shape index (κ2) is 5.79. The van der Waals surface area contributed by atoms with Crippen LogP contribution in [-0.4, -0.2) is 0 Å². The highest BCUT2D eigenvalue weighted by molar-refractivity contribution is 5.51. The van der Waals surface area contributed by atoms with Gasteiger partial charge in [-0.1, -0.05) is 31.2 Å². The van der Waals surface area contributed by atoms with Crippen LogP contribution >= 0.6 is 0 Å². The summed E-state index contributed by atoms with van der Waals surface area (Å²) in [7, 11) is 0. The molecular weight excluding hydrogens is 232 g/mol. The molecule has 0 spiro atoms. The quantitative estimate of drug-likeness (QED) is 0.820. The van der Waals surface area contributed by atoms with Gasteiger partial charge in [0.25, 0.3) is 0 Å². The van der Waals surface area contributed by atoms with E-state index in [4.69, 9.17) is 11.5 Å². The molecule has 2 aromatic rings. The Hall–Kier alpha value is -1.96. The fraction of sp³-hybridized carbons (Fsp3) is 0.294. The molecule has 0 aliphatic heterocycles. The van der Waals surface area contributed by atoms with E-state index in [1.165, 1.54) is 16.7 Å². The van der Waals surface area contributed by atoms with Crippen molar-refractivity contribution in [1.29, 1.82) is 0 Å². The van der Waals surface area contributed by atoms with Crippen molar-refractivity contribution in [3.05, 3.63) is 58.7 Å². The molecule has 0 radical (unpaired) electrons. The van der Waals surface area contributed by atoms with Crippen LogP contribution in [0.25, 0.3) is 0 Å². The first-order valence-electron chi connectivity index (χ1n) is 6.82. The third-order valence-electron chi connectivity index (χ3n) is 3.65. The number of hydrogen-bond acceptors (Lipinski definition) is 2. The summed E-state index contributed by atoms with van der Waals surface area (Å²) in [6, 6.07) is 12.7. The maximum Gasteiger partial charge on any atom is 0.0349 e. The van der Waals surface area contributed by atoms with E-state index >= 15 is 0 Å². The summed E-state index contributed by atoms with van der Waals surface area (Å²) in [5.41, 5.74) is 18.7. The number of hydrogen-bond donors (Lipinski definition) is 2. The van der Waals surface area contributed by atoms with E-state index in [1.807, 2.05) is 6.92 Å². The average molecular weight is 254 g/mol. The van der Waals surface area contributed by atoms with Crippen molar-refractivity contribution < 1.29 is 0 Å². The van der Waals surface area contributed by atoms with Gasteiger partial charge in [-0.2, -0.15) is 0 Å². The molecule has 0 aliphatic carbocycles. The van der Waals surface area contributed by atoms with Gasteiger partial charge in [-0.15, -0.1) is 0 Å². The number of benzene rings is 2. The summed E-state index contributed by atoms with van der Waals surface area (Å²) in [6.07, 6.45) is 2.96. The van der Waals surface area contributed by atoms with E-state index in [2.05, 4.69) is 43.3 Å². The number of nitrogens with two attached hydrogens (primary N) is 2. The van der Waals surface area contributed by atoms with Crippen LogP contribution in [0.4, 0.5) is 11.4 Å². The maximum absolute atomic E-state index is 6.09. The van der Waals surface area contributed by atoms with Gasteiger partial charge in [0.05, 0.1) is 0 Å². The molecule has 4 N–H and O–H groups in total. The third kappa shape index (κ3) is 3.28. The van der Waals surface area contributed by atoms with Crippen molar-refractivity contribution in [3.8, 4) is 0 Å². The monoisotopic (exact) mass is 254 g/mol. The lowest BCUT2D eigenvalue weighted by Gasteiger charge is -2.09. The van der Waals surface area contributed by atoms with Crippen molar-refractivity contribution in [2.45, 2.75) is 33.1 Å². The minimum Gasteiger partial charge on any atom is -0.399 e. The van der Waals surface area contributed by atoms with E-state index in [0.717, 1.165) is 36.2 Å². The zero-order chi connectivity index (χ0) is 13.8. The highest BCUT2D eigenvalue weighted by Crippen LogP contribution is 2.19. The minimum atomic E-state index is 0.867. The molecule has 0 aliphatic rings. The fourth-order valence-corrected chi connectivity index (χ4v) is 2.22. The molecule has 100 valence electrons. The van der Waals surface area contributed by atoms with Gasteiger partial charge in [0.15, 0.2) is 0 Å². The number of nitrogen functional groups attached to an aromatic ring is 2. The van der Waals surface area contributed by atoms with Gasteiger partial charge in [0.2, 0.25) is 0 Å². The van der Waals surface area contributed by atoms with Crippen molar-refractivity contribution >= 4 is 11.4 Å². The summed E-state index contributed by atoms with van der Waals surface area (Å²) in [5, 5.41) is 0. The molecule has 0 saturated carbocycles. The number of rotatable bonds is 4. The summed E-state index contributed by atoms with van der Waals surface area (Å²) < 4.78 is 0. The smallest absolute Gasteiger partial charge is 0.0349 e. The fourth-order valence-electron chi connectivity index (χ4n) is 2.22. The molecule has 0 fully saturated rings. The summed E-state index contributed by atoms with van der Waals surface area (Å²) >= 11 is 0. The Kier molecular flexibility index (Phi) is 4.10. The minimum absolute atomic E-state index is 0.867. The van der Waals surface area contributed by atoms with E-state index in [9.17, 15) is 0 Å². The Morgan fingerprint density at radius 2 is 1.53 bits per heavy atom. The lowest BCUT2D eigenvalue weighted by Crippen LogP contribution is -1.99. The van der Waals surface area contributed by atoms with Gasteiger partial charge in [-0.3, -0.25) is 0 Å². The molecule has 0 atom stereocenters. The molecule has 2 aromatic carbocycles. The first kappa shape index (κ1) is 13.5. The van der Waals surface area contributed by atoms with Crippen LogP contribution < -0.4 is 11.5 Å². The Morgan fingerprint density at radius 3 is 2.16 bits per heavy atom. The Balaban J connectivity index is 2.07. The normalized spacial score (nSPS) is 10.6. The molecule has 2 nitrogen and oxygen atoms in total. The van der Waals surface area contributed by atoms with Gasteiger partial charge in [-0.05, 0) is 60.6 Å². The predicted octanol–water partition coefficient (Wildman–Crippen LogP) is 3.51. The van der Waals surface area contributed by atoms with Crippen LogP contribution in [0.2, 0.25) is 0 Å². The lowest BCUT2D eigenvalue weighted by molar-refractivity contribution is 0.960. The number of aryl methyl sites for hydroxylation is 4. The van der Waals surface area contributed by atoms with Gasteiger partial charge in [-0.25, -0.2) is 0 Å². The molecule has 0 aromatic heterocycles. The van der Waals surface area contributed by atoms with Gasteiger partial charge < -0.3 is 11.5 Å². The highest BCUT2D eigenvalue weighted by atomic mass is 14.6. The number of anilines is 2. The molecule has 2 heteroatoms. The Bertz CT molecular complexity index is 573. The zero-order valence-corrected chi connectivity index (χ0v) is 11.7. The third-order valence-corrected chi connectivity index (χ3v) is 3.65. The van der Waals surface area contributed by atoms with E-state index < -0.39 is 0 Å². The molecule has 0 saturated heterocycles. The van der Waals surface area contributed by atoms with Crippen LogP contribution in [-0.2, 0) is 19.3 Å². The predicted molar refractivity (Wildman–Crippen MR) is 83.2 cm³/mol. The molecule has 0 unspecified atom stereocenters. The largest absolute Gasteiger partial charge is 0.399 e. The average Bonchev–Trinajstić information content (AvgIpc) is 2.41. The SMILES string of the molecule is CCc1ccc(CCc2ccc(C)c(N)c2)c(N)c1. The van der Waals surface area contributed by atoms with Crippen molar-refractivity contribution in [3.63, 3.8) is 0 Å². The highest BCUT2D eigenvalue weighted by Gasteiger charge is 2.02.